The Bertz CT molecular complexity index is 1320. The maximum Gasteiger partial charge on any atom is 0.416 e. The molecule has 2 aromatic heterocycles. The van der Waals surface area contributed by atoms with Crippen LogP contribution in [0.4, 0.5) is 13.2 Å². The standard InChI is InChI=1S/C24H21F3N6O/c1-31(2)9-10-32(19-8-3-16(11-19)12-28)23(34)20-15-33-21(13-30-22(33)14-29-20)17-4-6-18(7-5-17)24(25,26)27/h3-8,11,13-16H,9-10H2,1-2H3. The second-order valence-electron chi connectivity index (χ2n) is 8.08. The van der Waals surface area contributed by atoms with Gasteiger partial charge in [0.15, 0.2) is 5.65 Å². The van der Waals surface area contributed by atoms with Gasteiger partial charge in [-0.3, -0.25) is 9.20 Å². The second kappa shape index (κ2) is 9.11. The van der Waals surface area contributed by atoms with Crippen molar-refractivity contribution < 1.29 is 18.0 Å². The number of hydrogen-bond acceptors (Lipinski definition) is 5. The molecule has 0 radical (unpaired) electrons. The maximum absolute atomic E-state index is 13.4. The molecule has 2 heterocycles. The van der Waals surface area contributed by atoms with Crippen molar-refractivity contribution in [3.8, 4) is 17.3 Å². The number of imidazole rings is 1. The molecule has 0 spiro atoms. The summed E-state index contributed by atoms with van der Waals surface area (Å²) in [6, 6.07) is 6.90. The Hall–Kier alpha value is -3.97. The van der Waals surface area contributed by atoms with Crippen molar-refractivity contribution in [1.82, 2.24) is 24.2 Å². The van der Waals surface area contributed by atoms with Crippen molar-refractivity contribution in [2.75, 3.05) is 27.2 Å². The minimum absolute atomic E-state index is 0.145. The maximum atomic E-state index is 13.4. The third-order valence-electron chi connectivity index (χ3n) is 5.42. The largest absolute Gasteiger partial charge is 0.416 e. The average molecular weight is 466 g/mol. The van der Waals surface area contributed by atoms with Gasteiger partial charge in [0.05, 0.1) is 35.6 Å². The third-order valence-corrected chi connectivity index (χ3v) is 5.42. The molecule has 0 N–H and O–H groups in total. The van der Waals surface area contributed by atoms with Crippen LogP contribution in [0.5, 0.6) is 0 Å². The summed E-state index contributed by atoms with van der Waals surface area (Å²) in [4.78, 5) is 25.5. The summed E-state index contributed by atoms with van der Waals surface area (Å²) in [6.07, 6.45) is 5.26. The van der Waals surface area contributed by atoms with Crippen LogP contribution in [-0.2, 0) is 6.18 Å². The Morgan fingerprint density at radius 2 is 1.88 bits per heavy atom. The topological polar surface area (TPSA) is 77.5 Å². The highest BCUT2D eigenvalue weighted by Crippen LogP contribution is 2.31. The highest BCUT2D eigenvalue weighted by atomic mass is 19.4. The number of halogens is 3. The highest BCUT2D eigenvalue weighted by Gasteiger charge is 2.30. The van der Waals surface area contributed by atoms with Crippen LogP contribution in [0, 0.1) is 17.2 Å². The van der Waals surface area contributed by atoms with Gasteiger partial charge in [0.1, 0.15) is 5.69 Å². The summed E-state index contributed by atoms with van der Waals surface area (Å²) in [7, 11) is 3.79. The summed E-state index contributed by atoms with van der Waals surface area (Å²) in [5.41, 5.74) is 1.53. The third kappa shape index (κ3) is 4.70. The van der Waals surface area contributed by atoms with Crippen LogP contribution < -0.4 is 0 Å². The van der Waals surface area contributed by atoms with E-state index in [0.717, 1.165) is 12.1 Å². The van der Waals surface area contributed by atoms with Gasteiger partial charge in [-0.15, -0.1) is 0 Å². The van der Waals surface area contributed by atoms with Gasteiger partial charge in [-0.05, 0) is 38.4 Å². The van der Waals surface area contributed by atoms with E-state index < -0.39 is 17.7 Å². The lowest BCUT2D eigenvalue weighted by molar-refractivity contribution is -0.137. The van der Waals surface area contributed by atoms with Gasteiger partial charge < -0.3 is 9.80 Å². The van der Waals surface area contributed by atoms with Gasteiger partial charge in [-0.2, -0.15) is 18.4 Å². The zero-order chi connectivity index (χ0) is 24.5. The first-order valence-electron chi connectivity index (χ1n) is 10.4. The predicted molar refractivity (Wildman–Crippen MR) is 119 cm³/mol. The van der Waals surface area contributed by atoms with Crippen molar-refractivity contribution >= 4 is 11.6 Å². The minimum Gasteiger partial charge on any atom is -0.308 e. The number of hydrogen-bond donors (Lipinski definition) is 0. The van der Waals surface area contributed by atoms with Crippen molar-refractivity contribution in [3.63, 3.8) is 0 Å². The van der Waals surface area contributed by atoms with Gasteiger partial charge in [0, 0.05) is 30.5 Å². The van der Waals surface area contributed by atoms with E-state index in [4.69, 9.17) is 0 Å². The first-order valence-corrected chi connectivity index (χ1v) is 10.4. The molecule has 1 aliphatic carbocycles. The fourth-order valence-electron chi connectivity index (χ4n) is 3.59. The fourth-order valence-corrected chi connectivity index (χ4v) is 3.59. The molecule has 7 nitrogen and oxygen atoms in total. The van der Waals surface area contributed by atoms with E-state index >= 15 is 0 Å². The molecule has 10 heteroatoms. The molecule has 1 unspecified atom stereocenters. The first-order chi connectivity index (χ1) is 16.2. The molecule has 1 aromatic carbocycles. The van der Waals surface area contributed by atoms with Crippen LogP contribution >= 0.6 is 0 Å². The Balaban J connectivity index is 1.69. The van der Waals surface area contributed by atoms with Crippen molar-refractivity contribution in [2.45, 2.75) is 6.18 Å². The van der Waals surface area contributed by atoms with E-state index in [0.29, 0.717) is 35.7 Å². The predicted octanol–water partition coefficient (Wildman–Crippen LogP) is 4.01. The van der Waals surface area contributed by atoms with Crippen molar-refractivity contribution in [3.05, 3.63) is 78.0 Å². The van der Waals surface area contributed by atoms with Gasteiger partial charge in [-0.1, -0.05) is 18.2 Å². The highest BCUT2D eigenvalue weighted by molar-refractivity contribution is 5.94. The minimum atomic E-state index is -4.43. The molecule has 4 rings (SSSR count). The van der Waals surface area contributed by atoms with Crippen LogP contribution in [0.3, 0.4) is 0 Å². The lowest BCUT2D eigenvalue weighted by Gasteiger charge is -2.24. The first kappa shape index (κ1) is 23.2. The average Bonchev–Trinajstić information content (AvgIpc) is 3.45. The number of aromatic nitrogens is 3. The molecular formula is C24H21F3N6O. The Labute approximate surface area is 194 Å². The van der Waals surface area contributed by atoms with Crippen LogP contribution in [0.2, 0.25) is 0 Å². The molecule has 0 bridgehead atoms. The van der Waals surface area contributed by atoms with E-state index in [1.54, 1.807) is 27.5 Å². The van der Waals surface area contributed by atoms with Gasteiger partial charge in [0.25, 0.3) is 5.91 Å². The molecule has 1 aliphatic rings. The number of carbonyl (C=O) groups excluding carboxylic acids is 1. The lowest BCUT2D eigenvalue weighted by atomic mass is 10.1. The monoisotopic (exact) mass is 466 g/mol. The molecule has 0 fully saturated rings. The lowest BCUT2D eigenvalue weighted by Crippen LogP contribution is -2.36. The molecule has 174 valence electrons. The molecule has 1 amide bonds. The number of likely N-dealkylation sites (N-methyl/N-ethyl adjacent to an activating group) is 1. The number of nitriles is 1. The Morgan fingerprint density at radius 1 is 1.15 bits per heavy atom. The number of rotatable bonds is 6. The van der Waals surface area contributed by atoms with E-state index in [-0.39, 0.29) is 11.6 Å². The van der Waals surface area contributed by atoms with E-state index in [1.807, 2.05) is 19.0 Å². The summed E-state index contributed by atoms with van der Waals surface area (Å²) in [5.74, 6) is -0.759. The van der Waals surface area contributed by atoms with E-state index in [2.05, 4.69) is 16.0 Å². The number of benzene rings is 1. The SMILES string of the molecule is CN(C)CCN(C(=O)c1cn2c(-c3ccc(C(F)(F)F)cc3)cnc2cn1)C1=CC(C#N)C=C1. The molecule has 3 aromatic rings. The molecule has 0 aliphatic heterocycles. The zero-order valence-corrected chi connectivity index (χ0v) is 18.5. The zero-order valence-electron chi connectivity index (χ0n) is 18.5. The van der Waals surface area contributed by atoms with Crippen molar-refractivity contribution in [2.24, 2.45) is 5.92 Å². The van der Waals surface area contributed by atoms with E-state index in [1.165, 1.54) is 30.7 Å². The van der Waals surface area contributed by atoms with Crippen LogP contribution in [-0.4, -0.2) is 57.3 Å². The smallest absolute Gasteiger partial charge is 0.308 e. The molecular weight excluding hydrogens is 445 g/mol. The fraction of sp³-hybridized carbons (Fsp3) is 0.250. The summed E-state index contributed by atoms with van der Waals surface area (Å²) in [6.45, 7) is 0.980. The molecule has 0 saturated carbocycles. The number of carbonyl (C=O) groups is 1. The summed E-state index contributed by atoms with van der Waals surface area (Å²) >= 11 is 0. The van der Waals surface area contributed by atoms with E-state index in [9.17, 15) is 23.2 Å². The van der Waals surface area contributed by atoms with Gasteiger partial charge in [-0.25, -0.2) is 9.97 Å². The number of alkyl halides is 3. The second-order valence-corrected chi connectivity index (χ2v) is 8.08. The molecule has 0 saturated heterocycles. The van der Waals surface area contributed by atoms with Crippen molar-refractivity contribution in [1.29, 1.82) is 5.26 Å². The molecule has 1 atom stereocenters. The number of nitrogens with zero attached hydrogens (tertiary/aromatic N) is 6. The van der Waals surface area contributed by atoms with Crippen LogP contribution in [0.1, 0.15) is 16.1 Å². The van der Waals surface area contributed by atoms with Crippen LogP contribution in [0.15, 0.2) is 66.8 Å². The Morgan fingerprint density at radius 3 is 2.50 bits per heavy atom. The summed E-state index contributed by atoms with van der Waals surface area (Å²) < 4.78 is 40.4. The Kier molecular flexibility index (Phi) is 6.22. The van der Waals surface area contributed by atoms with Crippen LogP contribution in [0.25, 0.3) is 16.9 Å². The molecule has 34 heavy (non-hydrogen) atoms. The quantitative estimate of drug-likeness (QED) is 0.549. The number of fused-ring (bicyclic) bond motifs is 1. The van der Waals surface area contributed by atoms with Gasteiger partial charge >= 0.3 is 6.18 Å². The van der Waals surface area contributed by atoms with Gasteiger partial charge in [0.2, 0.25) is 0 Å². The number of amides is 1. The normalized spacial score (nSPS) is 15.6. The number of allylic oxidation sites excluding steroid dienone is 3. The summed E-state index contributed by atoms with van der Waals surface area (Å²) in [5, 5.41) is 9.19.